The monoisotopic (exact) mass is 839 g/mol. The zero-order valence-corrected chi connectivity index (χ0v) is 38.0. The summed E-state index contributed by atoms with van der Waals surface area (Å²) >= 11 is 7.36. The summed E-state index contributed by atoms with van der Waals surface area (Å²) in [7, 11) is 2.98. The number of ether oxygens (including phenoxy) is 2. The number of halogens is 1. The molecule has 0 bridgehead atoms. The van der Waals surface area contributed by atoms with Crippen molar-refractivity contribution in [2.24, 2.45) is 11.8 Å². The standard InChI is InChI=1S/C47H58ClN3O7Si/c1-45(2,3)51(9)25-31-24-34(55-26-28-18-14-12-15-19-28)36-32(38(31)48)22-30-23-33-39(50(7)8)41-37(44(49-57-41)56-27-29-20-16-13-17-21-29)43(54)47(33,42(53)35(30)40(36)52)58-59(10,11)46(4,5)6/h12-21,24,30,33,39,53H,22-23,25-27H2,1-11H3/t30-,33-,39-,47?/m0/s1. The van der Waals surface area contributed by atoms with Gasteiger partial charge in [0, 0.05) is 28.6 Å². The van der Waals surface area contributed by atoms with Gasteiger partial charge in [0.25, 0.3) is 5.88 Å². The predicted molar refractivity (Wildman–Crippen MR) is 232 cm³/mol. The fourth-order valence-corrected chi connectivity index (χ4v) is 10.2. The Morgan fingerprint density at radius 3 is 2.07 bits per heavy atom. The molecule has 0 spiro atoms. The van der Waals surface area contributed by atoms with Crippen molar-refractivity contribution in [3.63, 3.8) is 0 Å². The molecule has 10 nitrogen and oxygen atoms in total. The van der Waals surface area contributed by atoms with Gasteiger partial charge in [-0.1, -0.05) is 93.0 Å². The number of allylic oxidation sites excluding steroid dienone is 1. The lowest BCUT2D eigenvalue weighted by Gasteiger charge is -2.55. The van der Waals surface area contributed by atoms with Crippen LogP contribution in [0.4, 0.5) is 0 Å². The molecule has 4 atom stereocenters. The zero-order valence-electron chi connectivity index (χ0n) is 36.2. The van der Waals surface area contributed by atoms with Crippen molar-refractivity contribution in [1.29, 1.82) is 0 Å². The Bertz CT molecular complexity index is 2280. The Kier molecular flexibility index (Phi) is 11.4. The number of hydrogen-bond donors (Lipinski definition) is 1. The van der Waals surface area contributed by atoms with E-state index in [0.29, 0.717) is 47.0 Å². The Labute approximate surface area is 354 Å². The fraction of sp³-hybridized carbons (Fsp3) is 0.468. The van der Waals surface area contributed by atoms with E-state index >= 15 is 9.59 Å². The maximum Gasteiger partial charge on any atom is 0.265 e. The minimum atomic E-state index is -2.89. The number of carbonyl (C=O) groups excluding carboxylic acids is 2. The first kappa shape index (κ1) is 42.8. The van der Waals surface area contributed by atoms with Crippen LogP contribution >= 0.6 is 11.6 Å². The molecule has 3 aliphatic rings. The molecule has 59 heavy (non-hydrogen) atoms. The molecule has 0 saturated heterocycles. The van der Waals surface area contributed by atoms with Gasteiger partial charge < -0.3 is 23.5 Å². The van der Waals surface area contributed by atoms with Crippen LogP contribution in [-0.4, -0.2) is 72.2 Å². The molecule has 1 unspecified atom stereocenters. The molecule has 0 radical (unpaired) electrons. The second-order valence-corrected chi connectivity index (χ2v) is 24.3. The minimum Gasteiger partial charge on any atom is -0.508 e. The first-order chi connectivity index (χ1) is 27.7. The summed E-state index contributed by atoms with van der Waals surface area (Å²) < 4.78 is 26.2. The smallest absolute Gasteiger partial charge is 0.265 e. The number of aliphatic hydroxyl groups excluding tert-OH is 1. The third-order valence-corrected chi connectivity index (χ3v) is 18.0. The highest BCUT2D eigenvalue weighted by atomic mass is 35.5. The van der Waals surface area contributed by atoms with Gasteiger partial charge >= 0.3 is 0 Å². The van der Waals surface area contributed by atoms with Crippen LogP contribution in [0, 0.1) is 11.8 Å². The average Bonchev–Trinajstić information content (AvgIpc) is 3.59. The van der Waals surface area contributed by atoms with Gasteiger partial charge in [0.1, 0.15) is 30.3 Å². The molecule has 314 valence electrons. The second-order valence-electron chi connectivity index (χ2n) is 19.2. The van der Waals surface area contributed by atoms with E-state index in [1.54, 1.807) is 0 Å². The van der Waals surface area contributed by atoms with Gasteiger partial charge in [0.2, 0.25) is 5.78 Å². The number of nitrogens with zero attached hydrogens (tertiary/aromatic N) is 3. The molecule has 1 heterocycles. The third-order valence-electron chi connectivity index (χ3n) is 13.1. The molecular weight excluding hydrogens is 782 g/mol. The lowest BCUT2D eigenvalue weighted by molar-refractivity contribution is -0.0480. The van der Waals surface area contributed by atoms with Crippen LogP contribution in [0.3, 0.4) is 0 Å². The number of carbonyl (C=O) groups is 2. The summed E-state index contributed by atoms with van der Waals surface area (Å²) in [5.74, 6) is -1.69. The Balaban J connectivity index is 1.42. The predicted octanol–water partition coefficient (Wildman–Crippen LogP) is 10.2. The van der Waals surface area contributed by atoms with Crippen molar-refractivity contribution in [3.8, 4) is 11.6 Å². The molecule has 7 rings (SSSR count). The second kappa shape index (κ2) is 15.6. The molecule has 3 aromatic carbocycles. The van der Waals surface area contributed by atoms with E-state index in [1.165, 1.54) is 0 Å². The minimum absolute atomic E-state index is 0.0220. The molecule has 0 aliphatic heterocycles. The summed E-state index contributed by atoms with van der Waals surface area (Å²) in [5, 5.41) is 17.5. The molecule has 1 N–H and O–H groups in total. The van der Waals surface area contributed by atoms with Crippen LogP contribution in [0.2, 0.25) is 23.2 Å². The van der Waals surface area contributed by atoms with E-state index in [0.717, 1.165) is 16.7 Å². The van der Waals surface area contributed by atoms with E-state index in [9.17, 15) is 5.11 Å². The van der Waals surface area contributed by atoms with Crippen molar-refractivity contribution in [2.45, 2.75) is 109 Å². The molecule has 12 heteroatoms. The van der Waals surface area contributed by atoms with E-state index in [-0.39, 0.29) is 46.6 Å². The maximum absolute atomic E-state index is 15.6. The van der Waals surface area contributed by atoms with Crippen molar-refractivity contribution < 1.29 is 33.1 Å². The topological polar surface area (TPSA) is 115 Å². The molecule has 0 amide bonds. The summed E-state index contributed by atoms with van der Waals surface area (Å²) in [6, 6.07) is 20.7. The Morgan fingerprint density at radius 2 is 1.51 bits per heavy atom. The molecule has 1 aromatic heterocycles. The number of Topliss-reactive ketones (excluding diaryl/α,β-unsaturated/α-hetero) is 2. The van der Waals surface area contributed by atoms with Gasteiger partial charge in [0.05, 0.1) is 11.6 Å². The Hall–Kier alpha value is -4.26. The third kappa shape index (κ3) is 7.58. The van der Waals surface area contributed by atoms with Crippen molar-refractivity contribution in [2.75, 3.05) is 21.1 Å². The van der Waals surface area contributed by atoms with Gasteiger partial charge in [-0.25, -0.2) is 0 Å². The zero-order chi connectivity index (χ0) is 42.8. The lowest BCUT2D eigenvalue weighted by Crippen LogP contribution is -2.65. The number of rotatable bonds is 11. The fourth-order valence-electron chi connectivity index (χ4n) is 8.50. The number of ketones is 2. The van der Waals surface area contributed by atoms with E-state index in [2.05, 4.69) is 64.7 Å². The Morgan fingerprint density at radius 1 is 0.915 bits per heavy atom. The molecule has 0 fully saturated rings. The number of hydrogen-bond acceptors (Lipinski definition) is 10. The van der Waals surface area contributed by atoms with Crippen LogP contribution < -0.4 is 9.47 Å². The van der Waals surface area contributed by atoms with Crippen LogP contribution in [0.5, 0.6) is 11.6 Å². The van der Waals surface area contributed by atoms with Gasteiger partial charge in [-0.15, -0.1) is 0 Å². The number of fused-ring (bicyclic) bond motifs is 4. The first-order valence-electron chi connectivity index (χ1n) is 20.5. The van der Waals surface area contributed by atoms with Gasteiger partial charge in [-0.3, -0.25) is 19.4 Å². The van der Waals surface area contributed by atoms with Crippen molar-refractivity contribution >= 4 is 31.5 Å². The largest absolute Gasteiger partial charge is 0.508 e. The van der Waals surface area contributed by atoms with Gasteiger partial charge in [-0.2, -0.15) is 0 Å². The maximum atomic E-state index is 15.6. The normalized spacial score (nSPS) is 22.0. The van der Waals surface area contributed by atoms with Crippen LogP contribution in [-0.2, 0) is 30.6 Å². The number of aliphatic hydroxyl groups is 1. The number of benzene rings is 3. The quantitative estimate of drug-likeness (QED) is 0.146. The van der Waals surface area contributed by atoms with E-state index < -0.39 is 43.4 Å². The molecule has 0 saturated carbocycles. The van der Waals surface area contributed by atoms with E-state index in [4.69, 9.17) is 30.0 Å². The summed E-state index contributed by atoms with van der Waals surface area (Å²) in [6.45, 7) is 17.7. The summed E-state index contributed by atoms with van der Waals surface area (Å²) in [4.78, 5) is 35.2. The van der Waals surface area contributed by atoms with Crippen molar-refractivity contribution in [3.05, 3.63) is 122 Å². The van der Waals surface area contributed by atoms with Gasteiger partial charge in [0.15, 0.2) is 25.5 Å². The number of aromatic nitrogens is 1. The SMILES string of the molecule is CN(C)[C@@H]1c2onc(OCc3ccccc3)c2C(=O)C2(O[Si](C)(C)C(C)(C)C)C(O)=C3C(=O)c4c(OCc5ccccc5)cc(CN(C)C(C)(C)C)c(Cl)c4C[C@H]3C[C@@H]12. The van der Waals surface area contributed by atoms with Crippen LogP contribution in [0.1, 0.15) is 103 Å². The molecule has 4 aromatic rings. The van der Waals surface area contributed by atoms with Crippen LogP contribution in [0.25, 0.3) is 0 Å². The average molecular weight is 841 g/mol. The van der Waals surface area contributed by atoms with Crippen LogP contribution in [0.15, 0.2) is 82.6 Å². The molecular formula is C47H58ClN3O7Si. The lowest BCUT2D eigenvalue weighted by atomic mass is 9.58. The summed E-state index contributed by atoms with van der Waals surface area (Å²) in [6.07, 6.45) is 0.681. The van der Waals surface area contributed by atoms with Crippen molar-refractivity contribution in [1.82, 2.24) is 15.0 Å². The van der Waals surface area contributed by atoms with Gasteiger partial charge in [-0.05, 0) is 112 Å². The molecule has 3 aliphatic carbocycles. The van der Waals surface area contributed by atoms with E-state index in [1.807, 2.05) is 92.8 Å². The first-order valence-corrected chi connectivity index (χ1v) is 23.7. The highest BCUT2D eigenvalue weighted by Crippen LogP contribution is 2.60. The highest BCUT2D eigenvalue weighted by Gasteiger charge is 2.67. The highest BCUT2D eigenvalue weighted by molar-refractivity contribution is 6.74. The summed E-state index contributed by atoms with van der Waals surface area (Å²) in [5.41, 5.74) is 1.83.